The van der Waals surface area contributed by atoms with Gasteiger partial charge < -0.3 is 14.3 Å². The molecule has 34 heavy (non-hydrogen) atoms. The van der Waals surface area contributed by atoms with Crippen LogP contribution in [0.2, 0.25) is 10.0 Å². The molecule has 5 aromatic rings. The van der Waals surface area contributed by atoms with Gasteiger partial charge in [0.1, 0.15) is 22.2 Å². The summed E-state index contributed by atoms with van der Waals surface area (Å²) in [5.41, 5.74) is 1.55. The molecule has 172 valence electrons. The average Bonchev–Trinajstić information content (AvgIpc) is 3.40. The first-order chi connectivity index (χ1) is 16.5. The molecule has 7 nitrogen and oxygen atoms in total. The van der Waals surface area contributed by atoms with Gasteiger partial charge in [0.2, 0.25) is 0 Å². The molecule has 3 heterocycles. The van der Waals surface area contributed by atoms with Gasteiger partial charge in [-0.3, -0.25) is 9.36 Å². The van der Waals surface area contributed by atoms with E-state index in [1.165, 1.54) is 17.7 Å². The van der Waals surface area contributed by atoms with E-state index in [1.54, 1.807) is 36.1 Å². The van der Waals surface area contributed by atoms with Gasteiger partial charge in [0.05, 0.1) is 40.0 Å². The summed E-state index contributed by atoms with van der Waals surface area (Å²) in [5.74, 6) is 1.85. The molecule has 0 spiro atoms. The van der Waals surface area contributed by atoms with Crippen molar-refractivity contribution in [2.75, 3.05) is 7.11 Å². The number of phenolic OH excluding ortho intramolecular Hbond substituents is 1. The highest BCUT2D eigenvalue weighted by Gasteiger charge is 2.30. The zero-order valence-electron chi connectivity index (χ0n) is 17.8. The Morgan fingerprint density at radius 1 is 1.26 bits per heavy atom. The summed E-state index contributed by atoms with van der Waals surface area (Å²) < 4.78 is 13.0. The number of rotatable bonds is 5. The fraction of sp³-hybridized carbons (Fsp3) is 0.208. The van der Waals surface area contributed by atoms with E-state index in [4.69, 9.17) is 37.3 Å². The zero-order valence-corrected chi connectivity index (χ0v) is 20.2. The normalized spacial score (nSPS) is 13.7. The van der Waals surface area contributed by atoms with Gasteiger partial charge in [-0.05, 0) is 42.5 Å². The van der Waals surface area contributed by atoms with E-state index < -0.39 is 0 Å². The number of thiophene rings is 1. The number of phenols is 1. The largest absolute Gasteiger partial charge is 0.505 e. The number of halogens is 2. The second kappa shape index (κ2) is 8.01. The van der Waals surface area contributed by atoms with Crippen LogP contribution in [0.25, 0.3) is 31.7 Å². The molecule has 0 unspecified atom stereocenters. The third-order valence-electron chi connectivity index (χ3n) is 6.07. The third-order valence-corrected chi connectivity index (χ3v) is 7.77. The zero-order chi connectivity index (χ0) is 23.6. The minimum atomic E-state index is -0.252. The van der Waals surface area contributed by atoms with Crippen molar-refractivity contribution >= 4 is 54.8 Å². The van der Waals surface area contributed by atoms with Crippen LogP contribution < -0.4 is 10.3 Å². The summed E-state index contributed by atoms with van der Waals surface area (Å²) in [7, 11) is 1.58. The van der Waals surface area contributed by atoms with Crippen LogP contribution in [0.5, 0.6) is 11.5 Å². The van der Waals surface area contributed by atoms with Gasteiger partial charge in [-0.15, -0.1) is 11.3 Å². The van der Waals surface area contributed by atoms with Gasteiger partial charge in [-0.1, -0.05) is 29.3 Å². The SMILES string of the molecule is COc1cc(C2CC2)c(-c2nc3sc4c(O)c(Cl)ccc4c3c(=O)n2Cc2cnco2)cc1Cl. The van der Waals surface area contributed by atoms with Crippen LogP contribution >= 0.6 is 34.5 Å². The lowest BCUT2D eigenvalue weighted by molar-refractivity contribution is 0.414. The molecule has 0 saturated heterocycles. The summed E-state index contributed by atoms with van der Waals surface area (Å²) in [4.78, 5) is 23.3. The molecular formula is C24H17Cl2N3O4S. The second-order valence-electron chi connectivity index (χ2n) is 8.20. The monoisotopic (exact) mass is 513 g/mol. The highest BCUT2D eigenvalue weighted by molar-refractivity contribution is 7.25. The van der Waals surface area contributed by atoms with Crippen LogP contribution in [-0.4, -0.2) is 26.8 Å². The van der Waals surface area contributed by atoms with E-state index in [0.717, 1.165) is 24.0 Å². The number of hydrogen-bond donors (Lipinski definition) is 1. The number of aromatic hydroxyl groups is 1. The van der Waals surface area contributed by atoms with Crippen LogP contribution in [0, 0.1) is 0 Å². The Kier molecular flexibility index (Phi) is 5.05. The number of benzene rings is 2. The summed E-state index contributed by atoms with van der Waals surface area (Å²) in [6.45, 7) is 0.141. The first kappa shape index (κ1) is 21.5. The molecule has 1 fully saturated rings. The van der Waals surface area contributed by atoms with Gasteiger partial charge in [-0.25, -0.2) is 9.97 Å². The molecule has 1 saturated carbocycles. The molecule has 0 amide bonds. The van der Waals surface area contributed by atoms with Crippen molar-refractivity contribution in [1.29, 1.82) is 0 Å². The van der Waals surface area contributed by atoms with E-state index >= 15 is 0 Å². The molecule has 1 N–H and O–H groups in total. The maximum atomic E-state index is 13.9. The molecular weight excluding hydrogens is 497 g/mol. The van der Waals surface area contributed by atoms with Crippen molar-refractivity contribution in [1.82, 2.24) is 14.5 Å². The van der Waals surface area contributed by atoms with Crippen molar-refractivity contribution in [2.24, 2.45) is 0 Å². The molecule has 1 aliphatic rings. The van der Waals surface area contributed by atoms with Crippen LogP contribution in [-0.2, 0) is 6.54 Å². The number of fused-ring (bicyclic) bond motifs is 3. The van der Waals surface area contributed by atoms with Gasteiger partial charge >= 0.3 is 0 Å². The van der Waals surface area contributed by atoms with Gasteiger partial charge in [0.15, 0.2) is 12.1 Å². The van der Waals surface area contributed by atoms with E-state index in [9.17, 15) is 9.90 Å². The van der Waals surface area contributed by atoms with Crippen LogP contribution in [0.3, 0.4) is 0 Å². The molecule has 10 heteroatoms. The summed E-state index contributed by atoms with van der Waals surface area (Å²) >= 11 is 13.9. The Hall–Kier alpha value is -3.07. The highest BCUT2D eigenvalue weighted by Crippen LogP contribution is 2.48. The molecule has 2 aromatic carbocycles. The van der Waals surface area contributed by atoms with Crippen LogP contribution in [0.15, 0.2) is 46.1 Å². The predicted octanol–water partition coefficient (Wildman–Crippen LogP) is 6.21. The molecule has 0 bridgehead atoms. The van der Waals surface area contributed by atoms with Crippen molar-refractivity contribution in [3.05, 3.63) is 68.6 Å². The molecule has 0 radical (unpaired) electrons. The number of oxazole rings is 1. The maximum Gasteiger partial charge on any atom is 0.263 e. The van der Waals surface area contributed by atoms with Gasteiger partial charge in [-0.2, -0.15) is 0 Å². The predicted molar refractivity (Wildman–Crippen MR) is 133 cm³/mol. The summed E-state index contributed by atoms with van der Waals surface area (Å²) in [6.07, 6.45) is 4.98. The van der Waals surface area contributed by atoms with Crippen molar-refractivity contribution in [3.63, 3.8) is 0 Å². The standard InChI is InChI=1S/C24H17Cl2N3O4S/c1-32-18-7-14(11-2-3-11)15(6-17(18)26)22-28-23-19(13-4-5-16(25)20(30)21(13)34-23)24(31)29(22)9-12-8-27-10-33-12/h4-8,10-11,30H,2-3,9H2,1H3. The lowest BCUT2D eigenvalue weighted by atomic mass is 10.0. The Labute approximate surface area is 207 Å². The smallest absolute Gasteiger partial charge is 0.263 e. The lowest BCUT2D eigenvalue weighted by Crippen LogP contribution is -2.24. The number of hydrogen-bond acceptors (Lipinski definition) is 7. The number of methoxy groups -OCH3 is 1. The fourth-order valence-corrected chi connectivity index (χ4v) is 5.83. The minimum Gasteiger partial charge on any atom is -0.505 e. The van der Waals surface area contributed by atoms with E-state index in [-0.39, 0.29) is 22.9 Å². The minimum absolute atomic E-state index is 0.0592. The average molecular weight is 514 g/mol. The maximum absolute atomic E-state index is 13.9. The van der Waals surface area contributed by atoms with Crippen molar-refractivity contribution in [2.45, 2.75) is 25.3 Å². The van der Waals surface area contributed by atoms with Crippen LogP contribution in [0.4, 0.5) is 0 Å². The summed E-state index contributed by atoms with van der Waals surface area (Å²) in [6, 6.07) is 7.05. The Morgan fingerprint density at radius 2 is 2.09 bits per heavy atom. The molecule has 0 aliphatic heterocycles. The van der Waals surface area contributed by atoms with Crippen molar-refractivity contribution < 1.29 is 14.3 Å². The Bertz CT molecular complexity index is 1640. The second-order valence-corrected chi connectivity index (χ2v) is 10.0. The van der Waals surface area contributed by atoms with E-state index in [2.05, 4.69) is 4.98 Å². The third kappa shape index (κ3) is 3.36. The van der Waals surface area contributed by atoms with Gasteiger partial charge in [0, 0.05) is 10.9 Å². The fourth-order valence-electron chi connectivity index (χ4n) is 4.26. The van der Waals surface area contributed by atoms with Crippen molar-refractivity contribution in [3.8, 4) is 22.9 Å². The molecule has 3 aromatic heterocycles. The Balaban J connectivity index is 1.70. The van der Waals surface area contributed by atoms with Crippen LogP contribution in [0.1, 0.15) is 30.1 Å². The molecule has 6 rings (SSSR count). The number of nitrogens with zero attached hydrogens (tertiary/aromatic N) is 3. The summed E-state index contributed by atoms with van der Waals surface area (Å²) in [5, 5.41) is 12.2. The molecule has 0 atom stereocenters. The van der Waals surface area contributed by atoms with E-state index in [0.29, 0.717) is 48.6 Å². The lowest BCUT2D eigenvalue weighted by Gasteiger charge is -2.16. The first-order valence-electron chi connectivity index (χ1n) is 10.6. The Morgan fingerprint density at radius 3 is 2.79 bits per heavy atom. The topological polar surface area (TPSA) is 90.4 Å². The van der Waals surface area contributed by atoms with Gasteiger partial charge in [0.25, 0.3) is 5.56 Å². The first-order valence-corrected chi connectivity index (χ1v) is 12.1. The van der Waals surface area contributed by atoms with E-state index in [1.807, 2.05) is 6.07 Å². The number of ether oxygens (including phenoxy) is 1. The number of aromatic nitrogens is 3. The highest BCUT2D eigenvalue weighted by atomic mass is 35.5. The molecule has 1 aliphatic carbocycles. The quantitative estimate of drug-likeness (QED) is 0.300.